The molecule has 0 amide bonds. The Bertz CT molecular complexity index is 575. The second kappa shape index (κ2) is 4.31. The maximum Gasteiger partial charge on any atom is 0.155 e. The molecule has 7 N–H and O–H groups in total. The van der Waals surface area contributed by atoms with Crippen LogP contribution in [0.25, 0.3) is 0 Å². The molecule has 4 nitrogen and oxygen atoms in total. The SMILES string of the molecule is CC1=CC(N)=C(N)C(N)(c2c(C)cc(C)cc2C)N1. The van der Waals surface area contributed by atoms with Crippen molar-refractivity contribution in [2.45, 2.75) is 33.4 Å². The van der Waals surface area contributed by atoms with Gasteiger partial charge >= 0.3 is 0 Å². The Kier molecular flexibility index (Phi) is 3.06. The summed E-state index contributed by atoms with van der Waals surface area (Å²) in [6.07, 6.45) is 1.80. The molecule has 2 rings (SSSR count). The third-order valence-corrected chi connectivity index (χ3v) is 3.57. The van der Waals surface area contributed by atoms with Crippen LogP contribution in [-0.2, 0) is 5.66 Å². The summed E-state index contributed by atoms with van der Waals surface area (Å²) in [5, 5.41) is 3.27. The lowest BCUT2D eigenvalue weighted by Crippen LogP contribution is -2.56. The van der Waals surface area contributed by atoms with Crippen LogP contribution >= 0.6 is 0 Å². The van der Waals surface area contributed by atoms with Crippen molar-refractivity contribution in [1.82, 2.24) is 5.32 Å². The number of hydrogen-bond donors (Lipinski definition) is 4. The fourth-order valence-electron chi connectivity index (χ4n) is 2.95. The smallest absolute Gasteiger partial charge is 0.155 e. The molecule has 0 radical (unpaired) electrons. The molecule has 102 valence electrons. The summed E-state index contributed by atoms with van der Waals surface area (Å²) in [7, 11) is 0. The van der Waals surface area contributed by atoms with Gasteiger partial charge in [-0.3, -0.25) is 5.73 Å². The average Bonchev–Trinajstić information content (AvgIpc) is 2.23. The Morgan fingerprint density at radius 2 is 1.53 bits per heavy atom. The molecule has 1 heterocycles. The van der Waals surface area contributed by atoms with E-state index in [4.69, 9.17) is 17.2 Å². The molecule has 1 aromatic rings. The first-order valence-corrected chi connectivity index (χ1v) is 6.35. The summed E-state index contributed by atoms with van der Waals surface area (Å²) in [5.74, 6) is 0. The minimum Gasteiger partial charge on any atom is -0.397 e. The molecule has 0 saturated carbocycles. The molecular weight excluding hydrogens is 236 g/mol. The molecule has 1 aromatic carbocycles. The van der Waals surface area contributed by atoms with E-state index in [2.05, 4.69) is 24.4 Å². The number of benzene rings is 1. The fourth-order valence-corrected chi connectivity index (χ4v) is 2.95. The summed E-state index contributed by atoms with van der Waals surface area (Å²) >= 11 is 0. The van der Waals surface area contributed by atoms with Crippen LogP contribution in [0.3, 0.4) is 0 Å². The lowest BCUT2D eigenvalue weighted by molar-refractivity contribution is 0.429. The van der Waals surface area contributed by atoms with Crippen LogP contribution in [0.1, 0.15) is 29.2 Å². The van der Waals surface area contributed by atoms with Gasteiger partial charge in [-0.05, 0) is 44.9 Å². The van der Waals surface area contributed by atoms with Crippen molar-refractivity contribution in [2.24, 2.45) is 17.2 Å². The summed E-state index contributed by atoms with van der Waals surface area (Å²) in [5.41, 5.74) is 24.0. The monoisotopic (exact) mass is 258 g/mol. The molecule has 1 aliphatic rings. The molecule has 0 aromatic heterocycles. The molecule has 1 unspecified atom stereocenters. The van der Waals surface area contributed by atoms with Crippen molar-refractivity contribution in [3.05, 3.63) is 57.6 Å². The van der Waals surface area contributed by atoms with E-state index in [1.54, 1.807) is 6.08 Å². The zero-order valence-corrected chi connectivity index (χ0v) is 12.0. The lowest BCUT2D eigenvalue weighted by atomic mass is 9.85. The van der Waals surface area contributed by atoms with Crippen LogP contribution < -0.4 is 22.5 Å². The van der Waals surface area contributed by atoms with Crippen LogP contribution in [0, 0.1) is 20.8 Å². The topological polar surface area (TPSA) is 90.1 Å². The fraction of sp³-hybridized carbons (Fsp3) is 0.333. The molecule has 19 heavy (non-hydrogen) atoms. The second-order valence-electron chi connectivity index (χ2n) is 5.40. The molecule has 0 saturated heterocycles. The first-order chi connectivity index (χ1) is 8.75. The summed E-state index contributed by atoms with van der Waals surface area (Å²) in [6.45, 7) is 8.09. The van der Waals surface area contributed by atoms with Crippen molar-refractivity contribution in [3.8, 4) is 0 Å². The summed E-state index contributed by atoms with van der Waals surface area (Å²) in [4.78, 5) is 0. The Hall–Kier alpha value is -1.94. The highest BCUT2D eigenvalue weighted by Gasteiger charge is 2.36. The van der Waals surface area contributed by atoms with Gasteiger partial charge in [0.25, 0.3) is 0 Å². The largest absolute Gasteiger partial charge is 0.397 e. The predicted octanol–water partition coefficient (Wildman–Crippen LogP) is 1.36. The van der Waals surface area contributed by atoms with E-state index in [0.717, 1.165) is 22.4 Å². The highest BCUT2D eigenvalue weighted by molar-refractivity contribution is 5.50. The van der Waals surface area contributed by atoms with Crippen molar-refractivity contribution >= 4 is 0 Å². The van der Waals surface area contributed by atoms with E-state index in [1.165, 1.54) is 5.56 Å². The maximum absolute atomic E-state index is 6.54. The third kappa shape index (κ3) is 2.08. The standard InChI is InChI=1S/C15H22N4/c1-8-5-9(2)13(10(3)6-8)15(18)14(17)12(16)7-11(4)19-15/h5-7,19H,16-18H2,1-4H3. The van der Waals surface area contributed by atoms with E-state index in [-0.39, 0.29) is 0 Å². The van der Waals surface area contributed by atoms with Gasteiger partial charge < -0.3 is 16.8 Å². The van der Waals surface area contributed by atoms with E-state index in [0.29, 0.717) is 11.4 Å². The van der Waals surface area contributed by atoms with Gasteiger partial charge in [0.05, 0.1) is 11.4 Å². The Morgan fingerprint density at radius 3 is 2.05 bits per heavy atom. The minimum absolute atomic E-state index is 0.466. The second-order valence-corrected chi connectivity index (χ2v) is 5.40. The van der Waals surface area contributed by atoms with E-state index in [1.807, 2.05) is 20.8 Å². The minimum atomic E-state index is -0.940. The van der Waals surface area contributed by atoms with Crippen LogP contribution in [0.15, 0.2) is 35.3 Å². The predicted molar refractivity (Wildman–Crippen MR) is 78.8 cm³/mol. The highest BCUT2D eigenvalue weighted by atomic mass is 15.1. The number of dihydropyridines is 1. The quantitative estimate of drug-likeness (QED) is 0.612. The molecular formula is C15H22N4. The van der Waals surface area contributed by atoms with Gasteiger partial charge in [0.1, 0.15) is 0 Å². The number of allylic oxidation sites excluding steroid dienone is 2. The zero-order valence-electron chi connectivity index (χ0n) is 12.0. The van der Waals surface area contributed by atoms with E-state index < -0.39 is 5.66 Å². The van der Waals surface area contributed by atoms with Crippen molar-refractivity contribution in [3.63, 3.8) is 0 Å². The number of aryl methyl sites for hydroxylation is 3. The zero-order chi connectivity index (χ0) is 14.4. The van der Waals surface area contributed by atoms with Crippen LogP contribution in [0.4, 0.5) is 0 Å². The molecule has 1 atom stereocenters. The number of hydrogen-bond acceptors (Lipinski definition) is 4. The Labute approximate surface area is 114 Å². The molecule has 4 heteroatoms. The number of nitrogens with one attached hydrogen (secondary N) is 1. The Morgan fingerprint density at radius 1 is 1.00 bits per heavy atom. The normalized spacial score (nSPS) is 23.1. The summed E-state index contributed by atoms with van der Waals surface area (Å²) in [6, 6.07) is 4.21. The van der Waals surface area contributed by atoms with Gasteiger partial charge in [-0.2, -0.15) is 0 Å². The van der Waals surface area contributed by atoms with Gasteiger partial charge in [-0.15, -0.1) is 0 Å². The van der Waals surface area contributed by atoms with Crippen LogP contribution in [0.2, 0.25) is 0 Å². The van der Waals surface area contributed by atoms with Crippen molar-refractivity contribution in [1.29, 1.82) is 0 Å². The van der Waals surface area contributed by atoms with Crippen molar-refractivity contribution in [2.75, 3.05) is 0 Å². The summed E-state index contributed by atoms with van der Waals surface area (Å²) < 4.78 is 0. The first kappa shape index (κ1) is 13.5. The number of nitrogens with two attached hydrogens (primary N) is 3. The van der Waals surface area contributed by atoms with Gasteiger partial charge in [0.2, 0.25) is 0 Å². The van der Waals surface area contributed by atoms with E-state index in [9.17, 15) is 0 Å². The van der Waals surface area contributed by atoms with Crippen molar-refractivity contribution < 1.29 is 0 Å². The molecule has 0 aliphatic carbocycles. The molecule has 0 fully saturated rings. The highest BCUT2D eigenvalue weighted by Crippen LogP contribution is 2.32. The van der Waals surface area contributed by atoms with Gasteiger partial charge in [0.15, 0.2) is 5.66 Å². The molecule has 1 aliphatic heterocycles. The van der Waals surface area contributed by atoms with Crippen LogP contribution in [0.5, 0.6) is 0 Å². The number of rotatable bonds is 1. The third-order valence-electron chi connectivity index (χ3n) is 3.57. The molecule has 0 spiro atoms. The molecule has 0 bridgehead atoms. The first-order valence-electron chi connectivity index (χ1n) is 6.35. The average molecular weight is 258 g/mol. The van der Waals surface area contributed by atoms with Gasteiger partial charge in [-0.25, -0.2) is 0 Å². The van der Waals surface area contributed by atoms with Crippen LogP contribution in [-0.4, -0.2) is 0 Å². The lowest BCUT2D eigenvalue weighted by Gasteiger charge is -2.38. The van der Waals surface area contributed by atoms with Gasteiger partial charge in [-0.1, -0.05) is 17.7 Å². The van der Waals surface area contributed by atoms with E-state index >= 15 is 0 Å². The maximum atomic E-state index is 6.54. The van der Waals surface area contributed by atoms with Gasteiger partial charge in [0, 0.05) is 11.3 Å². The Balaban J connectivity index is 2.68.